The molecule has 0 heterocycles. The topological polar surface area (TPSA) is 67.4 Å². The lowest BCUT2D eigenvalue weighted by atomic mass is 10.2. The molecule has 2 amide bonds. The zero-order valence-electron chi connectivity index (χ0n) is 17.7. The number of thioether (sulfide) groups is 1. The van der Waals surface area contributed by atoms with Crippen molar-refractivity contribution in [2.75, 3.05) is 17.7 Å². The maximum atomic E-state index is 13.1. The average molecular weight is 473 g/mol. The molecule has 0 saturated heterocycles. The number of carbonyl (C=O) groups is 2. The Kier molecular flexibility index (Phi) is 7.77. The molecule has 0 bridgehead atoms. The minimum Gasteiger partial charge on any atom is -0.495 e. The predicted octanol–water partition coefficient (Wildman–Crippen LogP) is 6.17. The van der Waals surface area contributed by atoms with Crippen molar-refractivity contribution >= 4 is 46.6 Å². The number of rotatable bonds is 7. The quantitative estimate of drug-likeness (QED) is 0.403. The van der Waals surface area contributed by atoms with Crippen LogP contribution in [0.1, 0.15) is 22.8 Å². The Morgan fingerprint density at radius 1 is 1.06 bits per heavy atom. The molecule has 3 aromatic carbocycles. The van der Waals surface area contributed by atoms with Crippen LogP contribution >= 0.6 is 23.4 Å². The van der Waals surface area contributed by atoms with Gasteiger partial charge >= 0.3 is 0 Å². The van der Waals surface area contributed by atoms with Gasteiger partial charge in [-0.3, -0.25) is 9.59 Å². The fourth-order valence-corrected chi connectivity index (χ4v) is 3.95. The monoisotopic (exact) mass is 472 g/mol. The largest absolute Gasteiger partial charge is 0.495 e. The number of hydrogen-bond acceptors (Lipinski definition) is 4. The van der Waals surface area contributed by atoms with Gasteiger partial charge in [0, 0.05) is 27.2 Å². The molecule has 0 saturated carbocycles. The molecule has 0 aliphatic heterocycles. The lowest BCUT2D eigenvalue weighted by Crippen LogP contribution is -2.22. The van der Waals surface area contributed by atoms with Crippen LogP contribution in [0.5, 0.6) is 5.75 Å². The van der Waals surface area contributed by atoms with Crippen LogP contribution in [-0.2, 0) is 4.79 Å². The first kappa shape index (κ1) is 23.6. The Morgan fingerprint density at radius 3 is 2.47 bits per heavy atom. The van der Waals surface area contributed by atoms with Crippen molar-refractivity contribution in [2.24, 2.45) is 0 Å². The molecule has 0 aromatic heterocycles. The molecule has 1 unspecified atom stereocenters. The molecular weight excluding hydrogens is 451 g/mol. The van der Waals surface area contributed by atoms with Gasteiger partial charge in [0.1, 0.15) is 11.6 Å². The highest BCUT2D eigenvalue weighted by atomic mass is 35.5. The summed E-state index contributed by atoms with van der Waals surface area (Å²) in [5.74, 6) is -0.464. The normalized spacial score (nSPS) is 11.5. The predicted molar refractivity (Wildman–Crippen MR) is 127 cm³/mol. The van der Waals surface area contributed by atoms with Crippen molar-refractivity contribution in [3.8, 4) is 5.75 Å². The van der Waals surface area contributed by atoms with E-state index in [1.54, 1.807) is 37.3 Å². The first-order chi connectivity index (χ1) is 15.3. The van der Waals surface area contributed by atoms with Crippen molar-refractivity contribution in [3.63, 3.8) is 0 Å². The molecule has 3 aromatic rings. The van der Waals surface area contributed by atoms with E-state index in [1.165, 1.54) is 43.1 Å². The molecule has 166 valence electrons. The maximum absolute atomic E-state index is 13.1. The van der Waals surface area contributed by atoms with Gasteiger partial charge in [-0.25, -0.2) is 4.39 Å². The van der Waals surface area contributed by atoms with E-state index in [9.17, 15) is 14.0 Å². The van der Waals surface area contributed by atoms with Crippen LogP contribution in [0.15, 0.2) is 65.6 Å². The van der Waals surface area contributed by atoms with Crippen molar-refractivity contribution in [3.05, 3.63) is 82.6 Å². The van der Waals surface area contributed by atoms with Gasteiger partial charge in [0.2, 0.25) is 5.91 Å². The maximum Gasteiger partial charge on any atom is 0.255 e. The number of amides is 2. The lowest BCUT2D eigenvalue weighted by Gasteiger charge is -2.16. The second-order valence-electron chi connectivity index (χ2n) is 7.04. The summed E-state index contributed by atoms with van der Waals surface area (Å²) >= 11 is 7.48. The van der Waals surface area contributed by atoms with Gasteiger partial charge in [-0.1, -0.05) is 17.7 Å². The van der Waals surface area contributed by atoms with Gasteiger partial charge in [0.15, 0.2) is 0 Å². The highest BCUT2D eigenvalue weighted by Crippen LogP contribution is 2.32. The fraction of sp³-hybridized carbons (Fsp3) is 0.167. The van der Waals surface area contributed by atoms with E-state index in [1.807, 2.05) is 13.0 Å². The molecule has 0 aliphatic carbocycles. The molecule has 1 atom stereocenters. The summed E-state index contributed by atoms with van der Waals surface area (Å²) in [5.41, 5.74) is 2.30. The number of methoxy groups -OCH3 is 1. The van der Waals surface area contributed by atoms with E-state index in [0.29, 0.717) is 27.7 Å². The smallest absolute Gasteiger partial charge is 0.255 e. The summed E-state index contributed by atoms with van der Waals surface area (Å²) in [4.78, 5) is 25.9. The van der Waals surface area contributed by atoms with E-state index >= 15 is 0 Å². The van der Waals surface area contributed by atoms with Crippen molar-refractivity contribution in [2.45, 2.75) is 24.0 Å². The van der Waals surface area contributed by atoms with Crippen LogP contribution < -0.4 is 15.4 Å². The Labute approximate surface area is 195 Å². The van der Waals surface area contributed by atoms with Gasteiger partial charge in [-0.15, -0.1) is 11.8 Å². The molecule has 2 N–H and O–H groups in total. The highest BCUT2D eigenvalue weighted by Gasteiger charge is 2.18. The summed E-state index contributed by atoms with van der Waals surface area (Å²) in [5, 5.41) is 5.80. The Morgan fingerprint density at radius 2 is 1.78 bits per heavy atom. The molecule has 3 rings (SSSR count). The number of carbonyl (C=O) groups excluding carboxylic acids is 2. The van der Waals surface area contributed by atoms with Gasteiger partial charge in [-0.05, 0) is 67.9 Å². The summed E-state index contributed by atoms with van der Waals surface area (Å²) < 4.78 is 18.4. The Balaban J connectivity index is 1.66. The number of halogens is 2. The Bertz CT molecular complexity index is 1140. The fourth-order valence-electron chi connectivity index (χ4n) is 2.87. The van der Waals surface area contributed by atoms with Gasteiger partial charge < -0.3 is 15.4 Å². The average Bonchev–Trinajstić information content (AvgIpc) is 2.76. The zero-order chi connectivity index (χ0) is 23.3. The number of benzene rings is 3. The number of ether oxygens (including phenoxy) is 1. The standard InChI is InChI=1S/C24H22ClFN2O3S/c1-14-11-21(22(31-3)13-20(14)25)28-23(29)15(2)32-19-6-4-5-18(12-19)27-24(30)16-7-9-17(26)10-8-16/h4-13,15H,1-3H3,(H,27,30)(H,28,29). The second-order valence-corrected chi connectivity index (χ2v) is 8.86. The van der Waals surface area contributed by atoms with Crippen LogP contribution in [-0.4, -0.2) is 24.2 Å². The second kappa shape index (κ2) is 10.5. The van der Waals surface area contributed by atoms with E-state index in [0.717, 1.165) is 10.5 Å². The minimum atomic E-state index is -0.418. The molecule has 0 aliphatic rings. The van der Waals surface area contributed by atoms with Crippen LogP contribution in [0.25, 0.3) is 0 Å². The number of hydrogen-bond donors (Lipinski definition) is 2. The van der Waals surface area contributed by atoms with Gasteiger partial charge in [0.05, 0.1) is 18.0 Å². The third-order valence-corrected chi connectivity index (χ3v) is 6.12. The third kappa shape index (κ3) is 6.02. The van der Waals surface area contributed by atoms with Crippen LogP contribution in [0.2, 0.25) is 5.02 Å². The Hall–Kier alpha value is -3.03. The van der Waals surface area contributed by atoms with E-state index in [-0.39, 0.29) is 11.8 Å². The molecule has 5 nitrogen and oxygen atoms in total. The van der Waals surface area contributed by atoms with Crippen LogP contribution in [0, 0.1) is 12.7 Å². The van der Waals surface area contributed by atoms with Crippen molar-refractivity contribution < 1.29 is 18.7 Å². The van der Waals surface area contributed by atoms with Gasteiger partial charge in [0.25, 0.3) is 5.91 Å². The summed E-state index contributed by atoms with van der Waals surface area (Å²) in [6.07, 6.45) is 0. The first-order valence-corrected chi connectivity index (χ1v) is 11.0. The molecule has 32 heavy (non-hydrogen) atoms. The van der Waals surface area contributed by atoms with Crippen LogP contribution in [0.3, 0.4) is 0 Å². The molecule has 0 fully saturated rings. The molecular formula is C24H22ClFN2O3S. The molecule has 0 spiro atoms. The molecule has 0 radical (unpaired) electrons. The van der Waals surface area contributed by atoms with Gasteiger partial charge in [-0.2, -0.15) is 0 Å². The number of aryl methyl sites for hydroxylation is 1. The summed E-state index contributed by atoms with van der Waals surface area (Å²) in [6.45, 7) is 3.64. The van der Waals surface area contributed by atoms with Crippen molar-refractivity contribution in [1.29, 1.82) is 0 Å². The first-order valence-electron chi connectivity index (χ1n) is 9.75. The SMILES string of the molecule is COc1cc(Cl)c(C)cc1NC(=O)C(C)Sc1cccc(NC(=O)c2ccc(F)cc2)c1. The van der Waals surface area contributed by atoms with E-state index in [4.69, 9.17) is 16.3 Å². The molecule has 8 heteroatoms. The van der Waals surface area contributed by atoms with E-state index < -0.39 is 11.1 Å². The third-order valence-electron chi connectivity index (χ3n) is 4.62. The summed E-state index contributed by atoms with van der Waals surface area (Å²) in [7, 11) is 1.51. The lowest BCUT2D eigenvalue weighted by molar-refractivity contribution is -0.115. The highest BCUT2D eigenvalue weighted by molar-refractivity contribution is 8.00. The minimum absolute atomic E-state index is 0.198. The number of nitrogens with one attached hydrogen (secondary N) is 2. The number of anilines is 2. The van der Waals surface area contributed by atoms with Crippen LogP contribution in [0.4, 0.5) is 15.8 Å². The summed E-state index contributed by atoms with van der Waals surface area (Å²) in [6, 6.07) is 15.9. The van der Waals surface area contributed by atoms with Crippen molar-refractivity contribution in [1.82, 2.24) is 0 Å². The zero-order valence-corrected chi connectivity index (χ0v) is 19.3. The van der Waals surface area contributed by atoms with E-state index in [2.05, 4.69) is 10.6 Å².